The van der Waals surface area contributed by atoms with Crippen LogP contribution in [0, 0.1) is 29.2 Å². The number of aliphatic hydroxyl groups excluding tert-OH is 2. The van der Waals surface area contributed by atoms with E-state index in [1.807, 2.05) is 13.0 Å². The first-order chi connectivity index (χ1) is 49.9. The predicted octanol–water partition coefficient (Wildman–Crippen LogP) is 14.8. The molecule has 0 amide bonds. The first-order valence-electron chi connectivity index (χ1n) is 35.1. The van der Waals surface area contributed by atoms with Crippen molar-refractivity contribution >= 4 is 105 Å². The second kappa shape index (κ2) is 36.0. The van der Waals surface area contributed by atoms with E-state index < -0.39 is 111 Å². The van der Waals surface area contributed by atoms with E-state index in [1.165, 1.54) is 91.5 Å². The lowest BCUT2D eigenvalue weighted by Crippen LogP contribution is -2.57. The molecule has 7 aliphatic heterocycles. The van der Waals surface area contributed by atoms with Crippen LogP contribution < -0.4 is 0 Å². The monoisotopic (exact) mass is 1590 g/mol. The summed E-state index contributed by atoms with van der Waals surface area (Å²) >= 11 is 6.88. The van der Waals surface area contributed by atoms with Gasteiger partial charge in [-0.05, 0) is 152 Å². The number of rotatable bonds is 13. The fourth-order valence-corrected chi connectivity index (χ4v) is 26.1. The van der Waals surface area contributed by atoms with Crippen molar-refractivity contribution in [3.63, 3.8) is 0 Å². The number of hydrogen-bond acceptors (Lipinski definition) is 23. The molecule has 0 aromatic heterocycles. The molecule has 0 aliphatic carbocycles. The molecule has 0 bridgehead atoms. The topological polar surface area (TPSA) is 274 Å². The standard InChI is InChI=1S/C25H35FO6SSi.C15H15FO6S.C14H26O3Si.C12H13FO3.C11H9FO3S/c1-9-28-22(27)20-18(15-10-12-16(26)13-11-15)30-23-21(33-20)19-17(14(2)29-23)31-34(32-19,24(3,4)5)25(6,7)8;1-6-9(17)10(18)12-15(21-6)22-11(13(23-12)14(19)20)7-2-4-8(16)5-3-7;1-10-12-11(8-9-15-10)16-18(17-12,13(2,3)4)14(5,6)7;1-3-16-12(15)8(2)11(14)9-4-6-10(13)7-5-9;1-2-15-11(14)10(16)9(13)7-3-5-8(12)6-4-7/h10-14,17,19,21,23H,9H2,1-8H3;2-6,9-10,12,15,17-18H,1H3,(H,19,20);8-12H,1-7H3;4-8H,3H2,1-2H3;3-6H,2H2,1H3/t;;10-,11-,12+;;/m..0../s1. The number of carbonyl (C=O) groups is 6. The number of thioether (sulfide) groups is 2. The zero-order valence-electron chi connectivity index (χ0n) is 63.5. The Labute approximate surface area is 638 Å². The third-order valence-electron chi connectivity index (χ3n) is 18.2. The van der Waals surface area contributed by atoms with Gasteiger partial charge in [0.25, 0.3) is 0 Å². The quantitative estimate of drug-likeness (QED) is 0.0213. The van der Waals surface area contributed by atoms with Crippen LogP contribution >= 0.6 is 35.7 Å². The van der Waals surface area contributed by atoms with Gasteiger partial charge in [-0.1, -0.05) is 95.3 Å². The van der Waals surface area contributed by atoms with Gasteiger partial charge < -0.3 is 70.9 Å². The third-order valence-corrected chi connectivity index (χ3v) is 31.6. The van der Waals surface area contributed by atoms with Crippen LogP contribution in [-0.4, -0.2) is 171 Å². The number of benzene rings is 4. The Kier molecular flexibility index (Phi) is 29.5. The van der Waals surface area contributed by atoms with Gasteiger partial charge in [0.15, 0.2) is 22.2 Å². The molecule has 7 aliphatic rings. The molecule has 4 saturated heterocycles. The first kappa shape index (κ1) is 87.6. The molecular formula is C77H98F4O21S3Si2. The summed E-state index contributed by atoms with van der Waals surface area (Å²) in [7, 11) is -5.09. The molecule has 0 saturated carbocycles. The molecule has 21 nitrogen and oxygen atoms in total. The SMILES string of the molecule is CC1OC2OC(c3ccc(F)cc3)=C(C(=O)O)SC2C(O)C1O.CCOC(=O)C(=S)C(=O)c1ccc(F)cc1.CCOC(=O)C(C)C(=O)c1ccc(F)cc1.CCOC(=O)C1=C(c2ccc(F)cc2)OC2OC(C)C3O[Si](C(C)(C)C)(C(C)(C)C)OC3C2S1.C[C@@H]1OC=C[C@@H]2O[Si](C(C)(C)C)(C(C)(C)C)O[C@H]12. The van der Waals surface area contributed by atoms with E-state index in [2.05, 4.69) is 107 Å². The Morgan fingerprint density at radius 1 is 0.523 bits per heavy atom. The average molecular weight is 1590 g/mol. The lowest BCUT2D eigenvalue weighted by Gasteiger charge is -2.46. The van der Waals surface area contributed by atoms with Crippen molar-refractivity contribution in [3.8, 4) is 0 Å². The van der Waals surface area contributed by atoms with E-state index in [0.717, 1.165) is 23.9 Å². The van der Waals surface area contributed by atoms with Gasteiger partial charge in [-0.2, -0.15) is 0 Å². The highest BCUT2D eigenvalue weighted by atomic mass is 32.2. The smallest absolute Gasteiger partial charge is 0.353 e. The summed E-state index contributed by atoms with van der Waals surface area (Å²) in [5.41, 5.74) is 1.46. The Morgan fingerprint density at radius 2 is 0.935 bits per heavy atom. The molecule has 4 aromatic rings. The summed E-state index contributed by atoms with van der Waals surface area (Å²) in [6.45, 7) is 39.2. The number of carboxylic acids is 1. The van der Waals surface area contributed by atoms with E-state index >= 15 is 0 Å². The van der Waals surface area contributed by atoms with Gasteiger partial charge in [0, 0.05) is 42.4 Å². The van der Waals surface area contributed by atoms with E-state index in [1.54, 1.807) is 46.1 Å². The summed E-state index contributed by atoms with van der Waals surface area (Å²) in [6, 6.07) is 20.9. The zero-order valence-corrected chi connectivity index (χ0v) is 68.0. The normalized spacial score (nSPS) is 26.2. The zero-order chi connectivity index (χ0) is 79.8. The highest BCUT2D eigenvalue weighted by Crippen LogP contribution is 2.61. The minimum Gasteiger partial charge on any atom is -0.496 e. The molecule has 0 spiro atoms. The van der Waals surface area contributed by atoms with E-state index in [-0.39, 0.29) is 110 Å². The molecule has 7 heterocycles. The number of ether oxygens (including phenoxy) is 8. The number of Topliss-reactive ketones (excluding diaryl/α,β-unsaturated/α-hetero) is 2. The number of thiocarbonyl (C=S) groups is 1. The Balaban J connectivity index is 0.000000193. The predicted molar refractivity (Wildman–Crippen MR) is 403 cm³/mol. The maximum atomic E-state index is 13.6. The van der Waals surface area contributed by atoms with E-state index in [9.17, 15) is 61.6 Å². The highest BCUT2D eigenvalue weighted by Gasteiger charge is 2.69. The summed E-state index contributed by atoms with van der Waals surface area (Å²) in [6.07, 6.45) is -1.43. The Hall–Kier alpha value is -6.66. The molecular weight excluding hydrogens is 1490 g/mol. The first-order valence-corrected chi connectivity index (χ1v) is 40.9. The molecule has 3 N–H and O–H groups in total. The minimum absolute atomic E-state index is 0.0378. The van der Waals surface area contributed by atoms with Crippen LogP contribution in [0.3, 0.4) is 0 Å². The second-order valence-corrected chi connectivity index (χ2v) is 42.3. The molecule has 11 unspecified atom stereocenters. The van der Waals surface area contributed by atoms with Gasteiger partial charge in [0.1, 0.15) is 68.7 Å². The van der Waals surface area contributed by atoms with Crippen LogP contribution in [-0.2, 0) is 74.8 Å². The molecule has 4 fully saturated rings. The fraction of sp³-hybridized carbons (Fsp3) is 0.519. The minimum atomic E-state index is -2.76. The lowest BCUT2D eigenvalue weighted by atomic mass is 9.99. The largest absolute Gasteiger partial charge is 0.496 e. The van der Waals surface area contributed by atoms with Crippen molar-refractivity contribution in [2.24, 2.45) is 5.92 Å². The van der Waals surface area contributed by atoms with Crippen molar-refractivity contribution in [1.29, 1.82) is 0 Å². The van der Waals surface area contributed by atoms with E-state index in [0.29, 0.717) is 27.4 Å². The van der Waals surface area contributed by atoms with Crippen molar-refractivity contribution in [2.75, 3.05) is 19.8 Å². The Bertz CT molecular complexity index is 3880. The van der Waals surface area contributed by atoms with Crippen LogP contribution in [0.5, 0.6) is 0 Å². The summed E-state index contributed by atoms with van der Waals surface area (Å²) in [5.74, 6) is -6.24. The maximum absolute atomic E-state index is 13.6. The number of carbonyl (C=O) groups excluding carboxylic acids is 5. The number of carboxylic acid groups (broad SMARTS) is 1. The van der Waals surface area contributed by atoms with E-state index in [4.69, 9.17) is 50.9 Å². The van der Waals surface area contributed by atoms with Crippen LogP contribution in [0.2, 0.25) is 20.2 Å². The fourth-order valence-electron chi connectivity index (χ4n) is 13.2. The van der Waals surface area contributed by atoms with Gasteiger partial charge in [-0.15, -0.1) is 23.5 Å². The van der Waals surface area contributed by atoms with Gasteiger partial charge in [-0.3, -0.25) is 14.4 Å². The third kappa shape index (κ3) is 20.1. The molecule has 30 heteroatoms. The maximum Gasteiger partial charge on any atom is 0.353 e. The van der Waals surface area contributed by atoms with Crippen molar-refractivity contribution < 1.29 is 117 Å². The number of aliphatic carboxylic acids is 1. The van der Waals surface area contributed by atoms with Crippen molar-refractivity contribution in [1.82, 2.24) is 0 Å². The number of fused-ring (bicyclic) bond motifs is 5. The lowest BCUT2D eigenvalue weighted by molar-refractivity contribution is -0.220. The summed E-state index contributed by atoms with van der Waals surface area (Å²) in [5, 5.41) is 28.0. The molecule has 0 radical (unpaired) electrons. The number of halogens is 4. The summed E-state index contributed by atoms with van der Waals surface area (Å²) in [4.78, 5) is 70.1. The van der Waals surface area contributed by atoms with Crippen LogP contribution in [0.25, 0.3) is 11.5 Å². The van der Waals surface area contributed by atoms with Gasteiger partial charge in [-0.25, -0.2) is 31.9 Å². The van der Waals surface area contributed by atoms with Gasteiger partial charge >= 0.3 is 41.0 Å². The van der Waals surface area contributed by atoms with Crippen LogP contribution in [0.15, 0.2) is 119 Å². The van der Waals surface area contributed by atoms with Gasteiger partial charge in [0.05, 0.1) is 61.9 Å². The summed E-state index contributed by atoms with van der Waals surface area (Å²) < 4.78 is 123. The Morgan fingerprint density at radius 3 is 1.39 bits per heavy atom. The molecule has 586 valence electrons. The number of ketones is 2. The average Bonchev–Trinajstić information content (AvgIpc) is 1.59. The van der Waals surface area contributed by atoms with Crippen molar-refractivity contribution in [3.05, 3.63) is 165 Å². The number of hydrogen-bond donors (Lipinski definition) is 3. The molecule has 11 rings (SSSR count). The highest BCUT2D eigenvalue weighted by molar-refractivity contribution is 8.05. The van der Waals surface area contributed by atoms with Crippen LogP contribution in [0.4, 0.5) is 17.6 Å². The molecule has 4 aromatic carbocycles. The number of esters is 3. The van der Waals surface area contributed by atoms with Crippen molar-refractivity contribution in [2.45, 2.75) is 230 Å². The van der Waals surface area contributed by atoms with Gasteiger partial charge in [0.2, 0.25) is 18.4 Å². The molecule has 107 heavy (non-hydrogen) atoms. The second-order valence-electron chi connectivity index (χ2n) is 30.1. The number of aliphatic hydroxyl groups is 2. The molecule has 14 atom stereocenters. The van der Waals surface area contributed by atoms with Crippen LogP contribution in [0.1, 0.15) is 163 Å².